The lowest BCUT2D eigenvalue weighted by atomic mass is 10.5. The summed E-state index contributed by atoms with van der Waals surface area (Å²) in [5.74, 6) is 0.355. The smallest absolute Gasteiger partial charge is 0.332 e. The predicted molar refractivity (Wildman–Crippen MR) is 63.5 cm³/mol. The van der Waals surface area contributed by atoms with Crippen LogP contribution in [0.2, 0.25) is 0 Å². The van der Waals surface area contributed by atoms with E-state index in [-0.39, 0.29) is 11.2 Å². The lowest BCUT2D eigenvalue weighted by Gasteiger charge is -2.08. The van der Waals surface area contributed by atoms with E-state index in [0.29, 0.717) is 12.4 Å². The molecule has 6 nitrogen and oxygen atoms in total. The van der Waals surface area contributed by atoms with Crippen molar-refractivity contribution < 1.29 is 0 Å². The summed E-state index contributed by atoms with van der Waals surface area (Å²) < 4.78 is 2.51. The van der Waals surface area contributed by atoms with Crippen molar-refractivity contribution in [3.63, 3.8) is 0 Å². The average molecular weight is 224 g/mol. The van der Waals surface area contributed by atoms with E-state index in [9.17, 15) is 9.59 Å². The largest absolute Gasteiger partial charge is 0.369 e. The first-order valence-corrected chi connectivity index (χ1v) is 4.99. The molecule has 0 atom stereocenters. The Balaban J connectivity index is 3.35. The maximum Gasteiger partial charge on any atom is 0.332 e. The molecule has 0 aromatic carbocycles. The van der Waals surface area contributed by atoms with E-state index in [2.05, 4.69) is 4.99 Å². The zero-order valence-electron chi connectivity index (χ0n) is 9.97. The van der Waals surface area contributed by atoms with Crippen LogP contribution in [-0.2, 0) is 13.6 Å². The fourth-order valence-corrected chi connectivity index (χ4v) is 1.25. The topological polar surface area (TPSA) is 59.6 Å². The van der Waals surface area contributed by atoms with E-state index in [1.807, 2.05) is 14.1 Å². The maximum absolute atomic E-state index is 11.7. The molecule has 0 N–H and O–H groups in total. The number of rotatable bonds is 3. The molecular weight excluding hydrogens is 208 g/mol. The molecule has 0 spiro atoms. The lowest BCUT2D eigenvalue weighted by Crippen LogP contribution is -2.37. The Kier molecular flexibility index (Phi) is 3.65. The molecule has 0 bridgehead atoms. The van der Waals surface area contributed by atoms with E-state index in [1.54, 1.807) is 25.2 Å². The second-order valence-electron chi connectivity index (χ2n) is 3.63. The first kappa shape index (κ1) is 12.2. The fourth-order valence-electron chi connectivity index (χ4n) is 1.25. The van der Waals surface area contributed by atoms with Crippen LogP contribution in [0.4, 0.5) is 5.82 Å². The summed E-state index contributed by atoms with van der Waals surface area (Å²) >= 11 is 0. The highest BCUT2D eigenvalue weighted by molar-refractivity contribution is 5.58. The summed E-state index contributed by atoms with van der Waals surface area (Å²) in [6.45, 7) is 2.12. The summed E-state index contributed by atoms with van der Waals surface area (Å²) in [6, 6.07) is 1.35. The van der Waals surface area contributed by atoms with E-state index >= 15 is 0 Å². The highest BCUT2D eigenvalue weighted by Gasteiger charge is 2.05. The van der Waals surface area contributed by atoms with Crippen molar-refractivity contribution in [2.75, 3.05) is 14.1 Å². The van der Waals surface area contributed by atoms with Gasteiger partial charge >= 0.3 is 5.69 Å². The fraction of sp³-hybridized carbons (Fsp3) is 0.500. The van der Waals surface area contributed by atoms with Gasteiger partial charge < -0.3 is 4.90 Å². The van der Waals surface area contributed by atoms with Crippen molar-refractivity contribution in [1.82, 2.24) is 14.0 Å². The summed E-state index contributed by atoms with van der Waals surface area (Å²) in [4.78, 5) is 29.1. The molecule has 0 aliphatic carbocycles. The van der Waals surface area contributed by atoms with Gasteiger partial charge in [0.15, 0.2) is 0 Å². The summed E-state index contributed by atoms with van der Waals surface area (Å²) in [5, 5.41) is 0. The van der Waals surface area contributed by atoms with Crippen molar-refractivity contribution in [1.29, 1.82) is 0 Å². The zero-order valence-corrected chi connectivity index (χ0v) is 9.97. The molecule has 16 heavy (non-hydrogen) atoms. The monoisotopic (exact) mass is 224 g/mol. The van der Waals surface area contributed by atoms with Crippen LogP contribution in [0.25, 0.3) is 0 Å². The molecule has 1 aromatic rings. The number of hydrogen-bond donors (Lipinski definition) is 0. The maximum atomic E-state index is 11.7. The number of hydrogen-bond acceptors (Lipinski definition) is 3. The standard InChI is InChI=1S/C10H16N4O2/c1-5-14-9(15)6-8(11-7-12(2)3)13(4)10(14)16/h6-7H,5H2,1-4H3. The minimum absolute atomic E-state index is 0.323. The van der Waals surface area contributed by atoms with Crippen LogP contribution in [0.15, 0.2) is 20.6 Å². The van der Waals surface area contributed by atoms with Gasteiger partial charge in [-0.3, -0.25) is 13.9 Å². The third-order valence-electron chi connectivity index (χ3n) is 2.12. The van der Waals surface area contributed by atoms with Crippen LogP contribution in [0.3, 0.4) is 0 Å². The molecule has 0 saturated heterocycles. The summed E-state index contributed by atoms with van der Waals surface area (Å²) in [7, 11) is 5.22. The van der Waals surface area contributed by atoms with Crippen molar-refractivity contribution >= 4 is 12.2 Å². The third kappa shape index (κ3) is 2.39. The van der Waals surface area contributed by atoms with Crippen molar-refractivity contribution in [3.05, 3.63) is 26.9 Å². The zero-order chi connectivity index (χ0) is 12.3. The second-order valence-corrected chi connectivity index (χ2v) is 3.63. The van der Waals surface area contributed by atoms with Gasteiger partial charge in [-0.2, -0.15) is 0 Å². The highest BCUT2D eigenvalue weighted by Crippen LogP contribution is 2.02. The molecule has 1 aromatic heterocycles. The SMILES string of the molecule is CCn1c(=O)cc(N=CN(C)C)n(C)c1=O. The van der Waals surface area contributed by atoms with Crippen LogP contribution < -0.4 is 11.2 Å². The van der Waals surface area contributed by atoms with E-state index < -0.39 is 0 Å². The third-order valence-corrected chi connectivity index (χ3v) is 2.12. The van der Waals surface area contributed by atoms with Crippen molar-refractivity contribution in [3.8, 4) is 0 Å². The quantitative estimate of drug-likeness (QED) is 0.527. The Bertz CT molecular complexity index is 511. The summed E-state index contributed by atoms with van der Waals surface area (Å²) in [6.07, 6.45) is 1.55. The van der Waals surface area contributed by atoms with Gasteiger partial charge in [0, 0.05) is 33.8 Å². The van der Waals surface area contributed by atoms with Crippen LogP contribution in [-0.4, -0.2) is 34.5 Å². The molecule has 88 valence electrons. The average Bonchev–Trinajstić information content (AvgIpc) is 2.22. The Morgan fingerprint density at radius 3 is 2.56 bits per heavy atom. The molecule has 6 heteroatoms. The second kappa shape index (κ2) is 4.78. The Labute approximate surface area is 93.5 Å². The normalized spacial score (nSPS) is 11.0. The Hall–Kier alpha value is -1.85. The first-order valence-electron chi connectivity index (χ1n) is 4.99. The predicted octanol–water partition coefficient (Wildman–Crippen LogP) is -0.212. The van der Waals surface area contributed by atoms with Gasteiger partial charge in [-0.05, 0) is 6.92 Å². The molecule has 0 unspecified atom stereocenters. The molecule has 0 saturated carbocycles. The summed E-state index contributed by atoms with van der Waals surface area (Å²) in [5.41, 5.74) is -0.669. The van der Waals surface area contributed by atoms with Gasteiger partial charge in [0.1, 0.15) is 5.82 Å². The highest BCUT2D eigenvalue weighted by atomic mass is 16.2. The minimum atomic E-state index is -0.346. The van der Waals surface area contributed by atoms with Crippen LogP contribution in [0, 0.1) is 0 Å². The molecule has 1 heterocycles. The molecule has 0 amide bonds. The van der Waals surface area contributed by atoms with Gasteiger partial charge in [0.05, 0.1) is 6.34 Å². The van der Waals surface area contributed by atoms with Crippen molar-refractivity contribution in [2.24, 2.45) is 12.0 Å². The van der Waals surface area contributed by atoms with Crippen LogP contribution in [0.5, 0.6) is 0 Å². The molecule has 0 aliphatic heterocycles. The lowest BCUT2D eigenvalue weighted by molar-refractivity contribution is 0.619. The molecule has 0 fully saturated rings. The molecular formula is C10H16N4O2. The van der Waals surface area contributed by atoms with E-state index in [1.165, 1.54) is 10.6 Å². The molecule has 1 rings (SSSR count). The first-order chi connectivity index (χ1) is 7.47. The van der Waals surface area contributed by atoms with Gasteiger partial charge in [-0.1, -0.05) is 0 Å². The van der Waals surface area contributed by atoms with Gasteiger partial charge in [-0.25, -0.2) is 9.79 Å². The van der Waals surface area contributed by atoms with E-state index in [0.717, 1.165) is 4.57 Å². The Morgan fingerprint density at radius 2 is 2.06 bits per heavy atom. The minimum Gasteiger partial charge on any atom is -0.369 e. The number of aromatic nitrogens is 2. The number of nitrogens with zero attached hydrogens (tertiary/aromatic N) is 4. The molecule has 0 aliphatic rings. The van der Waals surface area contributed by atoms with Gasteiger partial charge in [0.2, 0.25) is 0 Å². The van der Waals surface area contributed by atoms with Crippen LogP contribution in [0.1, 0.15) is 6.92 Å². The van der Waals surface area contributed by atoms with E-state index in [4.69, 9.17) is 0 Å². The van der Waals surface area contributed by atoms with Crippen LogP contribution >= 0.6 is 0 Å². The van der Waals surface area contributed by atoms with Gasteiger partial charge in [0.25, 0.3) is 5.56 Å². The van der Waals surface area contributed by atoms with Gasteiger partial charge in [-0.15, -0.1) is 0 Å². The number of aliphatic imine (C=N–C) groups is 1. The van der Waals surface area contributed by atoms with Crippen molar-refractivity contribution in [2.45, 2.75) is 13.5 Å². The molecule has 0 radical (unpaired) electrons. The Morgan fingerprint density at radius 1 is 1.44 bits per heavy atom.